The van der Waals surface area contributed by atoms with Crippen molar-refractivity contribution in [3.8, 4) is 17.0 Å². The highest BCUT2D eigenvalue weighted by atomic mass is 16.5. The van der Waals surface area contributed by atoms with E-state index in [1.807, 2.05) is 19.2 Å². The molecule has 2 aromatic rings. The molecule has 0 amide bonds. The van der Waals surface area contributed by atoms with Crippen molar-refractivity contribution in [3.05, 3.63) is 48.2 Å². The molecule has 1 aromatic carbocycles. The van der Waals surface area contributed by atoms with Gasteiger partial charge >= 0.3 is 0 Å². The second kappa shape index (κ2) is 5.46. The normalized spacial score (nSPS) is 10.2. The van der Waals surface area contributed by atoms with Gasteiger partial charge in [-0.05, 0) is 35.9 Å². The zero-order valence-electron chi connectivity index (χ0n) is 10.1. The predicted molar refractivity (Wildman–Crippen MR) is 69.0 cm³/mol. The molecule has 2 rings (SSSR count). The number of hydrogen-bond donors (Lipinski definition) is 1. The van der Waals surface area contributed by atoms with Gasteiger partial charge in [-0.25, -0.2) is 4.98 Å². The smallest absolute Gasteiger partial charge is 0.213 e. The van der Waals surface area contributed by atoms with E-state index in [2.05, 4.69) is 34.6 Å². The predicted octanol–water partition coefficient (Wildman–Crippen LogP) is 2.48. The summed E-state index contributed by atoms with van der Waals surface area (Å²) in [6.45, 7) is 0.871. The summed E-state index contributed by atoms with van der Waals surface area (Å²) in [5.41, 5.74) is 3.56. The maximum Gasteiger partial charge on any atom is 0.213 e. The van der Waals surface area contributed by atoms with E-state index >= 15 is 0 Å². The fourth-order valence-corrected chi connectivity index (χ4v) is 1.77. The highest BCUT2D eigenvalue weighted by Gasteiger charge is 2.01. The summed E-state index contributed by atoms with van der Waals surface area (Å²) < 4.78 is 5.13. The van der Waals surface area contributed by atoms with Crippen molar-refractivity contribution in [1.82, 2.24) is 10.3 Å². The molecular weight excluding hydrogens is 212 g/mol. The maximum atomic E-state index is 5.13. The molecule has 0 unspecified atom stereocenters. The molecule has 0 saturated carbocycles. The number of ether oxygens (including phenoxy) is 1. The maximum absolute atomic E-state index is 5.13. The van der Waals surface area contributed by atoms with E-state index < -0.39 is 0 Å². The first-order chi connectivity index (χ1) is 8.33. The van der Waals surface area contributed by atoms with Crippen LogP contribution < -0.4 is 10.1 Å². The van der Waals surface area contributed by atoms with Crippen LogP contribution >= 0.6 is 0 Å². The van der Waals surface area contributed by atoms with Gasteiger partial charge in [-0.15, -0.1) is 0 Å². The summed E-state index contributed by atoms with van der Waals surface area (Å²) in [4.78, 5) is 4.11. The van der Waals surface area contributed by atoms with E-state index in [1.165, 1.54) is 11.1 Å². The number of nitrogens with one attached hydrogen (secondary N) is 1. The molecule has 0 saturated heterocycles. The summed E-state index contributed by atoms with van der Waals surface area (Å²) >= 11 is 0. The molecule has 0 radical (unpaired) electrons. The Hall–Kier alpha value is -1.87. The van der Waals surface area contributed by atoms with Crippen LogP contribution in [0.2, 0.25) is 0 Å². The van der Waals surface area contributed by atoms with Gasteiger partial charge in [0.05, 0.1) is 7.11 Å². The molecule has 0 spiro atoms. The molecular formula is C14H16N2O. The van der Waals surface area contributed by atoms with Crippen molar-refractivity contribution < 1.29 is 4.74 Å². The Balaban J connectivity index is 2.34. The van der Waals surface area contributed by atoms with Crippen LogP contribution in [0.1, 0.15) is 5.56 Å². The topological polar surface area (TPSA) is 34.2 Å². The van der Waals surface area contributed by atoms with Crippen LogP contribution in [0.5, 0.6) is 5.88 Å². The molecule has 0 fully saturated rings. The first kappa shape index (κ1) is 11.6. The molecule has 17 heavy (non-hydrogen) atoms. The quantitative estimate of drug-likeness (QED) is 0.873. The highest BCUT2D eigenvalue weighted by Crippen LogP contribution is 2.22. The van der Waals surface area contributed by atoms with Gasteiger partial charge in [0.2, 0.25) is 5.88 Å². The molecule has 0 aliphatic carbocycles. The summed E-state index contributed by atoms with van der Waals surface area (Å²) in [6.07, 6.45) is 1.76. The lowest BCUT2D eigenvalue weighted by Crippen LogP contribution is -2.04. The SMILES string of the molecule is CNCc1cccc(-c2ccnc(OC)c2)c1. The summed E-state index contributed by atoms with van der Waals surface area (Å²) in [5.74, 6) is 0.640. The molecule has 3 heteroatoms. The molecule has 88 valence electrons. The van der Waals surface area contributed by atoms with Crippen LogP contribution in [-0.4, -0.2) is 19.1 Å². The minimum absolute atomic E-state index is 0.640. The van der Waals surface area contributed by atoms with Gasteiger partial charge in [0.1, 0.15) is 0 Å². The number of methoxy groups -OCH3 is 1. The number of nitrogens with zero attached hydrogens (tertiary/aromatic N) is 1. The van der Waals surface area contributed by atoms with Crippen LogP contribution in [0.4, 0.5) is 0 Å². The standard InChI is InChI=1S/C14H16N2O/c1-15-10-11-4-3-5-12(8-11)13-6-7-16-14(9-13)17-2/h3-9,15H,10H2,1-2H3. The number of pyridine rings is 1. The van der Waals surface area contributed by atoms with Gasteiger partial charge in [-0.1, -0.05) is 18.2 Å². The zero-order chi connectivity index (χ0) is 12.1. The van der Waals surface area contributed by atoms with Gasteiger partial charge < -0.3 is 10.1 Å². The van der Waals surface area contributed by atoms with Gasteiger partial charge in [0.15, 0.2) is 0 Å². The molecule has 0 aliphatic rings. The van der Waals surface area contributed by atoms with E-state index in [-0.39, 0.29) is 0 Å². The third-order valence-electron chi connectivity index (χ3n) is 2.59. The Kier molecular flexibility index (Phi) is 3.73. The molecule has 0 atom stereocenters. The van der Waals surface area contributed by atoms with Crippen molar-refractivity contribution in [2.24, 2.45) is 0 Å². The van der Waals surface area contributed by atoms with Crippen LogP contribution in [0, 0.1) is 0 Å². The first-order valence-corrected chi connectivity index (χ1v) is 5.57. The number of benzene rings is 1. The lowest BCUT2D eigenvalue weighted by Gasteiger charge is -2.06. The largest absolute Gasteiger partial charge is 0.481 e. The van der Waals surface area contributed by atoms with Gasteiger partial charge in [-0.2, -0.15) is 0 Å². The van der Waals surface area contributed by atoms with E-state index in [9.17, 15) is 0 Å². The number of rotatable bonds is 4. The Morgan fingerprint density at radius 3 is 2.76 bits per heavy atom. The summed E-state index contributed by atoms with van der Waals surface area (Å²) in [6, 6.07) is 12.4. The van der Waals surface area contributed by atoms with Crippen LogP contribution in [-0.2, 0) is 6.54 Å². The third-order valence-corrected chi connectivity index (χ3v) is 2.59. The van der Waals surface area contributed by atoms with Crippen molar-refractivity contribution in [3.63, 3.8) is 0 Å². The molecule has 3 nitrogen and oxygen atoms in total. The Morgan fingerprint density at radius 2 is 2.00 bits per heavy atom. The zero-order valence-corrected chi connectivity index (χ0v) is 10.1. The van der Waals surface area contributed by atoms with Crippen LogP contribution in [0.25, 0.3) is 11.1 Å². The lowest BCUT2D eigenvalue weighted by molar-refractivity contribution is 0.398. The number of hydrogen-bond acceptors (Lipinski definition) is 3. The van der Waals surface area contributed by atoms with E-state index in [1.54, 1.807) is 13.3 Å². The average Bonchev–Trinajstić information content (AvgIpc) is 2.40. The van der Waals surface area contributed by atoms with Crippen molar-refractivity contribution in [1.29, 1.82) is 0 Å². The van der Waals surface area contributed by atoms with E-state index in [0.717, 1.165) is 12.1 Å². The molecule has 1 N–H and O–H groups in total. The van der Waals surface area contributed by atoms with Crippen molar-refractivity contribution in [2.75, 3.05) is 14.2 Å². The monoisotopic (exact) mass is 228 g/mol. The van der Waals surface area contributed by atoms with Gasteiger partial charge in [0.25, 0.3) is 0 Å². The molecule has 0 bridgehead atoms. The Morgan fingerprint density at radius 1 is 1.18 bits per heavy atom. The van der Waals surface area contributed by atoms with Crippen molar-refractivity contribution >= 4 is 0 Å². The molecule has 0 aliphatic heterocycles. The fraction of sp³-hybridized carbons (Fsp3) is 0.214. The second-order valence-corrected chi connectivity index (χ2v) is 3.82. The minimum atomic E-state index is 0.640. The Labute approximate surface area is 101 Å². The van der Waals surface area contributed by atoms with Gasteiger partial charge in [0, 0.05) is 18.8 Å². The lowest BCUT2D eigenvalue weighted by atomic mass is 10.0. The fourth-order valence-electron chi connectivity index (χ4n) is 1.77. The van der Waals surface area contributed by atoms with E-state index in [4.69, 9.17) is 4.74 Å². The van der Waals surface area contributed by atoms with Crippen LogP contribution in [0.3, 0.4) is 0 Å². The van der Waals surface area contributed by atoms with Gasteiger partial charge in [-0.3, -0.25) is 0 Å². The number of aromatic nitrogens is 1. The first-order valence-electron chi connectivity index (χ1n) is 5.57. The summed E-state index contributed by atoms with van der Waals surface area (Å²) in [5, 5.41) is 3.15. The third kappa shape index (κ3) is 2.82. The highest BCUT2D eigenvalue weighted by molar-refractivity contribution is 5.64. The molecule has 1 aromatic heterocycles. The van der Waals surface area contributed by atoms with Crippen molar-refractivity contribution in [2.45, 2.75) is 6.54 Å². The van der Waals surface area contributed by atoms with Crippen LogP contribution in [0.15, 0.2) is 42.6 Å². The summed E-state index contributed by atoms with van der Waals surface area (Å²) in [7, 11) is 3.58. The van der Waals surface area contributed by atoms with E-state index in [0.29, 0.717) is 5.88 Å². The second-order valence-electron chi connectivity index (χ2n) is 3.82. The average molecular weight is 228 g/mol. The molecule has 1 heterocycles. The minimum Gasteiger partial charge on any atom is -0.481 e. The Bertz CT molecular complexity index is 497.